The molecule has 2 aromatic rings. The summed E-state index contributed by atoms with van der Waals surface area (Å²) in [6.07, 6.45) is 1.35. The number of halogens is 1. The second-order valence-electron chi connectivity index (χ2n) is 6.12. The molecule has 148 valence electrons. The van der Waals surface area contributed by atoms with Crippen LogP contribution in [0.4, 0.5) is 4.39 Å². The van der Waals surface area contributed by atoms with Gasteiger partial charge in [-0.2, -0.15) is 5.10 Å². The Morgan fingerprint density at radius 3 is 2.50 bits per heavy atom. The molecule has 0 aliphatic carbocycles. The van der Waals surface area contributed by atoms with E-state index in [9.17, 15) is 14.0 Å². The summed E-state index contributed by atoms with van der Waals surface area (Å²) in [7, 11) is 1.50. The van der Waals surface area contributed by atoms with Crippen LogP contribution >= 0.6 is 0 Å². The van der Waals surface area contributed by atoms with Crippen molar-refractivity contribution in [3.05, 3.63) is 59.4 Å². The topological polar surface area (TPSA) is 89.0 Å². The van der Waals surface area contributed by atoms with Crippen molar-refractivity contribution >= 4 is 18.0 Å². The van der Waals surface area contributed by atoms with Crippen molar-refractivity contribution < 1.29 is 23.5 Å². The van der Waals surface area contributed by atoms with E-state index >= 15 is 0 Å². The molecule has 0 aromatic heterocycles. The maximum Gasteiger partial charge on any atom is 0.329 e. The van der Waals surface area contributed by atoms with Crippen LogP contribution in [0, 0.1) is 5.82 Å². The Labute approximate surface area is 162 Å². The van der Waals surface area contributed by atoms with E-state index in [1.54, 1.807) is 44.2 Å². The van der Waals surface area contributed by atoms with E-state index < -0.39 is 11.8 Å². The number of hydrogen-bond acceptors (Lipinski definition) is 5. The SMILES string of the molecule is COc1cccc(/C=N\NC(=O)C(=O)NC(C)C)c1OCc1ccc(F)cc1. The van der Waals surface area contributed by atoms with E-state index in [2.05, 4.69) is 15.8 Å². The lowest BCUT2D eigenvalue weighted by Gasteiger charge is -2.13. The fourth-order valence-electron chi connectivity index (χ4n) is 2.22. The van der Waals surface area contributed by atoms with Crippen LogP contribution in [0.1, 0.15) is 25.0 Å². The number of nitrogens with one attached hydrogen (secondary N) is 2. The van der Waals surface area contributed by atoms with Crippen molar-refractivity contribution in [3.63, 3.8) is 0 Å². The average Bonchev–Trinajstić information content (AvgIpc) is 2.67. The van der Waals surface area contributed by atoms with Gasteiger partial charge in [0.2, 0.25) is 0 Å². The molecule has 0 heterocycles. The first-order chi connectivity index (χ1) is 13.4. The smallest absolute Gasteiger partial charge is 0.329 e. The lowest BCUT2D eigenvalue weighted by molar-refractivity contribution is -0.139. The molecule has 0 spiro atoms. The summed E-state index contributed by atoms with van der Waals surface area (Å²) in [4.78, 5) is 23.3. The number of rotatable bonds is 7. The van der Waals surface area contributed by atoms with Gasteiger partial charge in [0.05, 0.1) is 13.3 Å². The summed E-state index contributed by atoms with van der Waals surface area (Å²) < 4.78 is 24.1. The molecule has 2 rings (SSSR count). The van der Waals surface area contributed by atoms with Crippen LogP contribution in [0.3, 0.4) is 0 Å². The molecule has 0 fully saturated rings. The van der Waals surface area contributed by atoms with E-state index in [1.807, 2.05) is 0 Å². The highest BCUT2D eigenvalue weighted by molar-refractivity contribution is 6.35. The monoisotopic (exact) mass is 387 g/mol. The minimum atomic E-state index is -0.873. The molecule has 0 radical (unpaired) electrons. The number of carbonyl (C=O) groups is 2. The highest BCUT2D eigenvalue weighted by Gasteiger charge is 2.14. The van der Waals surface area contributed by atoms with Crippen LogP contribution < -0.4 is 20.2 Å². The Balaban J connectivity index is 2.10. The Morgan fingerprint density at radius 1 is 1.14 bits per heavy atom. The van der Waals surface area contributed by atoms with Crippen LogP contribution in [0.5, 0.6) is 11.5 Å². The Kier molecular flexibility index (Phi) is 7.50. The third kappa shape index (κ3) is 6.08. The number of amides is 2. The van der Waals surface area contributed by atoms with E-state index in [-0.39, 0.29) is 18.5 Å². The summed E-state index contributed by atoms with van der Waals surface area (Å²) >= 11 is 0. The second-order valence-corrected chi connectivity index (χ2v) is 6.12. The lowest BCUT2D eigenvalue weighted by atomic mass is 10.2. The Morgan fingerprint density at radius 2 is 1.86 bits per heavy atom. The minimum absolute atomic E-state index is 0.160. The van der Waals surface area contributed by atoms with Gasteiger partial charge in [-0.25, -0.2) is 9.82 Å². The van der Waals surface area contributed by atoms with E-state index in [0.29, 0.717) is 17.1 Å². The predicted octanol–water partition coefficient (Wildman–Crippen LogP) is 2.39. The van der Waals surface area contributed by atoms with Gasteiger partial charge in [-0.05, 0) is 43.7 Å². The fraction of sp³-hybridized carbons (Fsp3) is 0.250. The summed E-state index contributed by atoms with van der Waals surface area (Å²) in [6, 6.07) is 10.9. The van der Waals surface area contributed by atoms with Gasteiger partial charge < -0.3 is 14.8 Å². The Hall–Kier alpha value is -3.42. The van der Waals surface area contributed by atoms with Gasteiger partial charge in [0.1, 0.15) is 12.4 Å². The van der Waals surface area contributed by atoms with Crippen LogP contribution in [0.25, 0.3) is 0 Å². The number of methoxy groups -OCH3 is 1. The zero-order valence-electron chi connectivity index (χ0n) is 15.9. The zero-order valence-corrected chi connectivity index (χ0v) is 15.9. The number of hydrazone groups is 1. The molecule has 0 bridgehead atoms. The third-order valence-electron chi connectivity index (χ3n) is 3.52. The molecule has 0 saturated carbocycles. The Bertz CT molecular complexity index is 851. The number of carbonyl (C=O) groups excluding carboxylic acids is 2. The maximum absolute atomic E-state index is 13.0. The largest absolute Gasteiger partial charge is 0.493 e. The first kappa shape index (κ1) is 20.9. The number of hydrogen-bond donors (Lipinski definition) is 2. The van der Waals surface area contributed by atoms with Gasteiger partial charge in [0.15, 0.2) is 11.5 Å². The molecule has 0 aliphatic heterocycles. The van der Waals surface area contributed by atoms with Gasteiger partial charge in [0.25, 0.3) is 0 Å². The van der Waals surface area contributed by atoms with Crippen molar-refractivity contribution in [3.8, 4) is 11.5 Å². The summed E-state index contributed by atoms with van der Waals surface area (Å²) in [6.45, 7) is 3.68. The quantitative estimate of drug-likeness (QED) is 0.434. The van der Waals surface area contributed by atoms with Crippen LogP contribution in [-0.2, 0) is 16.2 Å². The van der Waals surface area contributed by atoms with Crippen molar-refractivity contribution in [2.45, 2.75) is 26.5 Å². The van der Waals surface area contributed by atoms with Gasteiger partial charge in [-0.1, -0.05) is 18.2 Å². The van der Waals surface area contributed by atoms with Crippen LogP contribution in [0.2, 0.25) is 0 Å². The van der Waals surface area contributed by atoms with Crippen LogP contribution in [-0.4, -0.2) is 31.2 Å². The molecular formula is C20H22FN3O4. The third-order valence-corrected chi connectivity index (χ3v) is 3.52. The minimum Gasteiger partial charge on any atom is -0.493 e. The normalized spacial score (nSPS) is 10.8. The van der Waals surface area contributed by atoms with Gasteiger partial charge in [0, 0.05) is 11.6 Å². The van der Waals surface area contributed by atoms with Crippen molar-refractivity contribution in [1.29, 1.82) is 0 Å². The van der Waals surface area contributed by atoms with Crippen molar-refractivity contribution in [1.82, 2.24) is 10.7 Å². The molecular weight excluding hydrogens is 365 g/mol. The predicted molar refractivity (Wildman–Crippen MR) is 103 cm³/mol. The molecule has 2 N–H and O–H groups in total. The molecule has 0 unspecified atom stereocenters. The highest BCUT2D eigenvalue weighted by Crippen LogP contribution is 2.30. The maximum atomic E-state index is 13.0. The molecule has 2 aromatic carbocycles. The molecule has 28 heavy (non-hydrogen) atoms. The molecule has 8 heteroatoms. The van der Waals surface area contributed by atoms with Gasteiger partial charge in [-0.3, -0.25) is 9.59 Å². The zero-order chi connectivity index (χ0) is 20.5. The summed E-state index contributed by atoms with van der Waals surface area (Å²) in [5, 5.41) is 6.27. The summed E-state index contributed by atoms with van der Waals surface area (Å²) in [5.41, 5.74) is 3.47. The van der Waals surface area contributed by atoms with Crippen molar-refractivity contribution in [2.75, 3.05) is 7.11 Å². The fourth-order valence-corrected chi connectivity index (χ4v) is 2.22. The first-order valence-electron chi connectivity index (χ1n) is 8.59. The van der Waals surface area contributed by atoms with E-state index in [0.717, 1.165) is 5.56 Å². The first-order valence-corrected chi connectivity index (χ1v) is 8.59. The van der Waals surface area contributed by atoms with Gasteiger partial charge in [-0.15, -0.1) is 0 Å². The highest BCUT2D eigenvalue weighted by atomic mass is 19.1. The molecule has 2 amide bonds. The molecule has 0 aliphatic rings. The van der Waals surface area contributed by atoms with E-state index in [1.165, 1.54) is 25.5 Å². The lowest BCUT2D eigenvalue weighted by Crippen LogP contribution is -2.41. The number of ether oxygens (including phenoxy) is 2. The van der Waals surface area contributed by atoms with Crippen LogP contribution in [0.15, 0.2) is 47.6 Å². The van der Waals surface area contributed by atoms with Crippen molar-refractivity contribution in [2.24, 2.45) is 5.10 Å². The number of benzene rings is 2. The molecule has 7 nitrogen and oxygen atoms in total. The number of para-hydroxylation sites is 1. The summed E-state index contributed by atoms with van der Waals surface area (Å²) in [5.74, 6) is -1.10. The van der Waals surface area contributed by atoms with E-state index in [4.69, 9.17) is 9.47 Å². The molecule has 0 saturated heterocycles. The number of nitrogens with zero attached hydrogens (tertiary/aromatic N) is 1. The van der Waals surface area contributed by atoms with Gasteiger partial charge >= 0.3 is 11.8 Å². The standard InChI is InChI=1S/C20H22FN3O4/c1-13(2)23-19(25)20(26)24-22-11-15-5-4-6-17(27-3)18(15)28-12-14-7-9-16(21)10-8-14/h4-11,13H,12H2,1-3H3,(H,23,25)(H,24,26)/b22-11-. The average molecular weight is 387 g/mol. The second kappa shape index (κ2) is 10.1. The molecule has 0 atom stereocenters.